The summed E-state index contributed by atoms with van der Waals surface area (Å²) in [5.41, 5.74) is 1.50. The van der Waals surface area contributed by atoms with E-state index in [1.807, 2.05) is 18.2 Å². The lowest BCUT2D eigenvalue weighted by Gasteiger charge is -2.06. The van der Waals surface area contributed by atoms with Gasteiger partial charge in [0.05, 0.1) is 23.8 Å². The van der Waals surface area contributed by atoms with E-state index in [0.717, 1.165) is 10.0 Å². The summed E-state index contributed by atoms with van der Waals surface area (Å²) in [5.74, 6) is 0. The molecular weight excluding hydrogens is 342 g/mol. The highest BCUT2D eigenvalue weighted by molar-refractivity contribution is 9.10. The van der Waals surface area contributed by atoms with E-state index in [1.54, 1.807) is 29.2 Å². The van der Waals surface area contributed by atoms with Gasteiger partial charge in [-0.2, -0.15) is 0 Å². The van der Waals surface area contributed by atoms with Crippen molar-refractivity contribution in [3.05, 3.63) is 68.4 Å². The molecule has 0 N–H and O–H groups in total. The van der Waals surface area contributed by atoms with Crippen LogP contribution in [-0.4, -0.2) is 14.5 Å². The maximum absolute atomic E-state index is 12.4. The highest BCUT2D eigenvalue weighted by Crippen LogP contribution is 2.15. The van der Waals surface area contributed by atoms with Crippen LogP contribution in [0.5, 0.6) is 0 Å². The Morgan fingerprint density at radius 2 is 2.05 bits per heavy atom. The Kier molecular flexibility index (Phi) is 3.54. The van der Waals surface area contributed by atoms with Crippen LogP contribution in [-0.2, 0) is 6.54 Å². The van der Waals surface area contributed by atoms with Gasteiger partial charge in [-0.05, 0) is 29.8 Å². The molecule has 0 fully saturated rings. The Balaban J connectivity index is 2.06. The molecular formula is C14H9BrClN3O. The van der Waals surface area contributed by atoms with Crippen LogP contribution in [0.25, 0.3) is 10.9 Å². The van der Waals surface area contributed by atoms with E-state index in [9.17, 15) is 4.79 Å². The molecule has 0 aliphatic carbocycles. The summed E-state index contributed by atoms with van der Waals surface area (Å²) in [4.78, 5) is 20.7. The van der Waals surface area contributed by atoms with E-state index in [-0.39, 0.29) is 5.56 Å². The second-order valence-corrected chi connectivity index (χ2v) is 5.63. The highest BCUT2D eigenvalue weighted by Gasteiger charge is 2.05. The molecule has 0 bridgehead atoms. The summed E-state index contributed by atoms with van der Waals surface area (Å²) >= 11 is 9.11. The van der Waals surface area contributed by atoms with Crippen molar-refractivity contribution in [2.45, 2.75) is 6.54 Å². The molecule has 0 saturated heterocycles. The third-order valence-corrected chi connectivity index (χ3v) is 3.64. The summed E-state index contributed by atoms with van der Waals surface area (Å²) in [6.07, 6.45) is 3.20. The fraction of sp³-hybridized carbons (Fsp3) is 0.0714. The number of rotatable bonds is 2. The van der Waals surface area contributed by atoms with Gasteiger partial charge >= 0.3 is 0 Å². The predicted octanol–water partition coefficient (Wildman–Crippen LogP) is 3.26. The van der Waals surface area contributed by atoms with Crippen LogP contribution < -0.4 is 5.56 Å². The average Bonchev–Trinajstić information content (AvgIpc) is 2.45. The van der Waals surface area contributed by atoms with Crippen LogP contribution >= 0.6 is 27.5 Å². The topological polar surface area (TPSA) is 47.8 Å². The maximum atomic E-state index is 12.4. The average molecular weight is 351 g/mol. The SMILES string of the molecule is O=c1c2cc(Br)ccc2ncn1Cc1ccc(Cl)nc1. The van der Waals surface area contributed by atoms with Gasteiger partial charge in [-0.15, -0.1) is 0 Å². The van der Waals surface area contributed by atoms with Gasteiger partial charge in [0.2, 0.25) is 0 Å². The van der Waals surface area contributed by atoms with E-state index < -0.39 is 0 Å². The minimum Gasteiger partial charge on any atom is -0.294 e. The van der Waals surface area contributed by atoms with E-state index in [4.69, 9.17) is 11.6 Å². The van der Waals surface area contributed by atoms with E-state index in [2.05, 4.69) is 25.9 Å². The Bertz CT molecular complexity index is 830. The van der Waals surface area contributed by atoms with E-state index >= 15 is 0 Å². The van der Waals surface area contributed by atoms with Crippen molar-refractivity contribution in [3.8, 4) is 0 Å². The van der Waals surface area contributed by atoms with Crippen molar-refractivity contribution in [3.63, 3.8) is 0 Å². The molecule has 1 aromatic carbocycles. The number of pyridine rings is 1. The van der Waals surface area contributed by atoms with Crippen molar-refractivity contribution in [1.82, 2.24) is 14.5 Å². The molecule has 2 aromatic heterocycles. The number of benzene rings is 1. The zero-order valence-electron chi connectivity index (χ0n) is 10.3. The van der Waals surface area contributed by atoms with Gasteiger partial charge < -0.3 is 0 Å². The zero-order valence-corrected chi connectivity index (χ0v) is 12.6. The normalized spacial score (nSPS) is 10.9. The molecule has 0 atom stereocenters. The van der Waals surface area contributed by atoms with Crippen LogP contribution in [0.3, 0.4) is 0 Å². The summed E-state index contributed by atoms with van der Waals surface area (Å²) < 4.78 is 2.41. The summed E-state index contributed by atoms with van der Waals surface area (Å²) in [6.45, 7) is 0.415. The van der Waals surface area contributed by atoms with Crippen molar-refractivity contribution < 1.29 is 0 Å². The molecule has 2 heterocycles. The Morgan fingerprint density at radius 1 is 1.20 bits per heavy atom. The monoisotopic (exact) mass is 349 g/mol. The molecule has 0 saturated carbocycles. The Hall–Kier alpha value is -1.72. The number of hydrogen-bond acceptors (Lipinski definition) is 3. The van der Waals surface area contributed by atoms with Crippen LogP contribution in [0, 0.1) is 0 Å². The lowest BCUT2D eigenvalue weighted by Crippen LogP contribution is -2.21. The van der Waals surface area contributed by atoms with Crippen LogP contribution in [0.15, 0.2) is 52.1 Å². The zero-order chi connectivity index (χ0) is 14.1. The molecule has 0 aliphatic heterocycles. The number of nitrogens with zero attached hydrogens (tertiary/aromatic N) is 3. The molecule has 4 nitrogen and oxygen atoms in total. The fourth-order valence-electron chi connectivity index (χ4n) is 1.94. The molecule has 3 rings (SSSR count). The standard InChI is InChI=1S/C14H9BrClN3O/c15-10-2-3-12-11(5-10)14(20)19(8-18-12)7-9-1-4-13(16)17-6-9/h1-6,8H,7H2. The molecule has 0 unspecified atom stereocenters. The summed E-state index contributed by atoms with van der Waals surface area (Å²) in [7, 11) is 0. The third-order valence-electron chi connectivity index (χ3n) is 2.93. The smallest absolute Gasteiger partial charge is 0.261 e. The number of aromatic nitrogens is 3. The van der Waals surface area contributed by atoms with Gasteiger partial charge in [0.25, 0.3) is 5.56 Å². The minimum absolute atomic E-state index is 0.0775. The molecule has 3 aromatic rings. The summed E-state index contributed by atoms with van der Waals surface area (Å²) in [5, 5.41) is 1.02. The van der Waals surface area contributed by atoms with Gasteiger partial charge in [-0.1, -0.05) is 33.6 Å². The van der Waals surface area contributed by atoms with E-state index in [1.165, 1.54) is 0 Å². The second kappa shape index (κ2) is 5.34. The Morgan fingerprint density at radius 3 is 2.80 bits per heavy atom. The van der Waals surface area contributed by atoms with Gasteiger partial charge in [0.15, 0.2) is 0 Å². The number of fused-ring (bicyclic) bond motifs is 1. The first kappa shape index (κ1) is 13.3. The third kappa shape index (κ3) is 2.59. The summed E-state index contributed by atoms with van der Waals surface area (Å²) in [6, 6.07) is 9.00. The molecule has 100 valence electrons. The van der Waals surface area contributed by atoms with Crippen molar-refractivity contribution in [2.24, 2.45) is 0 Å². The lowest BCUT2D eigenvalue weighted by molar-refractivity contribution is 0.745. The number of hydrogen-bond donors (Lipinski definition) is 0. The first-order valence-corrected chi connectivity index (χ1v) is 7.06. The molecule has 0 spiro atoms. The number of halogens is 2. The predicted molar refractivity (Wildman–Crippen MR) is 82.1 cm³/mol. The lowest BCUT2D eigenvalue weighted by atomic mass is 10.2. The molecule has 0 aliphatic rings. The van der Waals surface area contributed by atoms with Gasteiger partial charge in [0.1, 0.15) is 5.15 Å². The molecule has 20 heavy (non-hydrogen) atoms. The maximum Gasteiger partial charge on any atom is 0.261 e. The fourth-order valence-corrected chi connectivity index (χ4v) is 2.41. The quantitative estimate of drug-likeness (QED) is 0.667. The van der Waals surface area contributed by atoms with Crippen molar-refractivity contribution in [2.75, 3.05) is 0 Å². The van der Waals surface area contributed by atoms with Crippen LogP contribution in [0.2, 0.25) is 5.15 Å². The first-order valence-electron chi connectivity index (χ1n) is 5.88. The van der Waals surface area contributed by atoms with Crippen molar-refractivity contribution in [1.29, 1.82) is 0 Å². The van der Waals surface area contributed by atoms with Crippen LogP contribution in [0.1, 0.15) is 5.56 Å². The largest absolute Gasteiger partial charge is 0.294 e. The van der Waals surface area contributed by atoms with Crippen molar-refractivity contribution >= 4 is 38.4 Å². The molecule has 0 radical (unpaired) electrons. The molecule has 6 heteroatoms. The van der Waals surface area contributed by atoms with Gasteiger partial charge in [0, 0.05) is 10.7 Å². The minimum atomic E-state index is -0.0775. The van der Waals surface area contributed by atoms with Gasteiger partial charge in [-0.3, -0.25) is 9.36 Å². The first-order chi connectivity index (χ1) is 9.63. The Labute approximate surface area is 128 Å². The van der Waals surface area contributed by atoms with Gasteiger partial charge in [-0.25, -0.2) is 9.97 Å². The highest BCUT2D eigenvalue weighted by atomic mass is 79.9. The second-order valence-electron chi connectivity index (χ2n) is 4.33. The van der Waals surface area contributed by atoms with E-state index in [0.29, 0.717) is 22.6 Å². The molecule has 0 amide bonds. The van der Waals surface area contributed by atoms with Crippen LogP contribution in [0.4, 0.5) is 0 Å².